The second-order valence-electron chi connectivity index (χ2n) is 17.1. The van der Waals surface area contributed by atoms with E-state index in [1.54, 1.807) is 0 Å². The predicted octanol–water partition coefficient (Wildman–Crippen LogP) is 16.6. The molecule has 0 saturated heterocycles. The van der Waals surface area contributed by atoms with Crippen LogP contribution in [0.2, 0.25) is 0 Å². The molecule has 0 N–H and O–H groups in total. The number of allylic oxidation sites excluding steroid dienone is 5. The molecule has 0 spiro atoms. The molecular formula is C63H43N5S. The molecular weight excluding hydrogens is 859 g/mol. The summed E-state index contributed by atoms with van der Waals surface area (Å²) in [6.45, 7) is 6.59. The first-order chi connectivity index (χ1) is 34.1. The van der Waals surface area contributed by atoms with E-state index >= 15 is 0 Å². The summed E-state index contributed by atoms with van der Waals surface area (Å²) >= 11 is 1.82. The van der Waals surface area contributed by atoms with Crippen LogP contribution in [0.1, 0.15) is 23.6 Å². The van der Waals surface area contributed by atoms with E-state index < -0.39 is 0 Å². The van der Waals surface area contributed by atoms with Crippen molar-refractivity contribution >= 4 is 70.0 Å². The Balaban J connectivity index is 1.10. The van der Waals surface area contributed by atoms with Gasteiger partial charge in [-0.3, -0.25) is 4.98 Å². The Labute approximate surface area is 404 Å². The van der Waals surface area contributed by atoms with E-state index in [0.717, 1.165) is 67.0 Å². The summed E-state index contributed by atoms with van der Waals surface area (Å²) in [5, 5.41) is 4.89. The van der Waals surface area contributed by atoms with E-state index in [-0.39, 0.29) is 0 Å². The number of aromatic nitrogens is 5. The van der Waals surface area contributed by atoms with Crippen LogP contribution in [0.15, 0.2) is 237 Å². The van der Waals surface area contributed by atoms with Crippen LogP contribution in [0.25, 0.3) is 110 Å². The van der Waals surface area contributed by atoms with Gasteiger partial charge in [-0.2, -0.15) is 0 Å². The maximum atomic E-state index is 5.42. The van der Waals surface area contributed by atoms with E-state index in [2.05, 4.69) is 158 Å². The van der Waals surface area contributed by atoms with Crippen LogP contribution in [0.5, 0.6) is 0 Å². The molecule has 0 aliphatic rings. The molecule has 0 fully saturated rings. The van der Waals surface area contributed by atoms with Crippen molar-refractivity contribution in [2.45, 2.75) is 6.92 Å². The zero-order valence-electron chi connectivity index (χ0n) is 37.8. The smallest absolute Gasteiger partial charge is 0.166 e. The van der Waals surface area contributed by atoms with Gasteiger partial charge in [0.25, 0.3) is 0 Å². The van der Waals surface area contributed by atoms with Gasteiger partial charge in [0.15, 0.2) is 17.5 Å². The number of hydrogen-bond acceptors (Lipinski definition) is 5. The van der Waals surface area contributed by atoms with Gasteiger partial charge in [0.05, 0.1) is 16.7 Å². The van der Waals surface area contributed by atoms with Gasteiger partial charge >= 0.3 is 0 Å². The van der Waals surface area contributed by atoms with E-state index in [0.29, 0.717) is 17.5 Å². The Bertz CT molecular complexity index is 3890. The highest BCUT2D eigenvalue weighted by Gasteiger charge is 2.22. The fourth-order valence-corrected chi connectivity index (χ4v) is 10.6. The highest BCUT2D eigenvalue weighted by molar-refractivity contribution is 7.26. The standard InChI is InChI=1S/C63H43N5S/c1-41(43-20-8-3-9-21-43)32-34-50(44-22-10-4-11-23-44)42(2)48-39-53(63-66-61(45-24-12-5-13-25-45)65-62(67-63)46-26-14-6-15-27-46)60(64-40-48)47-33-36-56-52(38-47)59-57(69-56)37-35-55-58(59)51-30-18-19-31-54(51)68(55)49-28-16-7-17-29-49/h3-40H,1H2,2H3/b34-32-,50-42-. The van der Waals surface area contributed by atoms with Gasteiger partial charge in [0, 0.05) is 65.1 Å². The molecule has 0 amide bonds. The first-order valence-corrected chi connectivity index (χ1v) is 23.9. The molecule has 12 rings (SSSR count). The normalized spacial score (nSPS) is 12.1. The van der Waals surface area contributed by atoms with Crippen molar-refractivity contribution < 1.29 is 0 Å². The zero-order valence-corrected chi connectivity index (χ0v) is 38.6. The highest BCUT2D eigenvalue weighted by atomic mass is 32.1. The van der Waals surface area contributed by atoms with E-state index in [1.807, 2.05) is 102 Å². The van der Waals surface area contributed by atoms with Gasteiger partial charge in [-0.1, -0.05) is 183 Å². The topological polar surface area (TPSA) is 56.5 Å². The molecule has 69 heavy (non-hydrogen) atoms. The number of nitrogens with zero attached hydrogens (tertiary/aromatic N) is 5. The first-order valence-electron chi connectivity index (χ1n) is 23.1. The Morgan fingerprint density at radius 3 is 1.74 bits per heavy atom. The van der Waals surface area contributed by atoms with Crippen LogP contribution in [-0.2, 0) is 0 Å². The molecule has 0 unspecified atom stereocenters. The van der Waals surface area contributed by atoms with Crippen LogP contribution >= 0.6 is 11.3 Å². The number of benzene rings is 8. The summed E-state index contributed by atoms with van der Waals surface area (Å²) in [7, 11) is 0. The molecule has 0 bridgehead atoms. The first kappa shape index (κ1) is 41.6. The van der Waals surface area contributed by atoms with Gasteiger partial charge in [-0.15, -0.1) is 11.3 Å². The lowest BCUT2D eigenvalue weighted by molar-refractivity contribution is 1.07. The molecule has 12 aromatic rings. The van der Waals surface area contributed by atoms with Gasteiger partial charge in [-0.05, 0) is 88.9 Å². The van der Waals surface area contributed by atoms with E-state index in [9.17, 15) is 0 Å². The van der Waals surface area contributed by atoms with Gasteiger partial charge in [-0.25, -0.2) is 15.0 Å². The summed E-state index contributed by atoms with van der Waals surface area (Å²) in [6.07, 6.45) is 6.27. The van der Waals surface area contributed by atoms with E-state index in [4.69, 9.17) is 19.9 Å². The molecule has 0 aliphatic heterocycles. The highest BCUT2D eigenvalue weighted by Crippen LogP contribution is 2.45. The van der Waals surface area contributed by atoms with Crippen molar-refractivity contribution in [3.63, 3.8) is 0 Å². The van der Waals surface area contributed by atoms with Crippen LogP contribution in [0, 0.1) is 0 Å². The minimum Gasteiger partial charge on any atom is -0.309 e. The van der Waals surface area contributed by atoms with Gasteiger partial charge < -0.3 is 4.57 Å². The molecule has 326 valence electrons. The number of rotatable bonds is 10. The Morgan fingerprint density at radius 2 is 1.06 bits per heavy atom. The minimum atomic E-state index is 0.540. The quantitative estimate of drug-likeness (QED) is 0.128. The Morgan fingerprint density at radius 1 is 0.478 bits per heavy atom. The molecule has 5 nitrogen and oxygen atoms in total. The predicted molar refractivity (Wildman–Crippen MR) is 290 cm³/mol. The van der Waals surface area contributed by atoms with Crippen molar-refractivity contribution in [3.05, 3.63) is 254 Å². The third kappa shape index (κ3) is 7.73. The van der Waals surface area contributed by atoms with E-state index in [1.165, 1.54) is 42.0 Å². The second-order valence-corrected chi connectivity index (χ2v) is 18.2. The van der Waals surface area contributed by atoms with Crippen LogP contribution in [0.4, 0.5) is 0 Å². The van der Waals surface area contributed by atoms with Crippen molar-refractivity contribution in [2.24, 2.45) is 0 Å². The average molecular weight is 902 g/mol. The largest absolute Gasteiger partial charge is 0.309 e. The van der Waals surface area contributed by atoms with Crippen molar-refractivity contribution in [2.75, 3.05) is 0 Å². The summed E-state index contributed by atoms with van der Waals surface area (Å²) in [6, 6.07) is 74.0. The fraction of sp³-hybridized carbons (Fsp3) is 0.0159. The Hall–Kier alpha value is -8.84. The van der Waals surface area contributed by atoms with Crippen molar-refractivity contribution in [1.29, 1.82) is 0 Å². The van der Waals surface area contributed by atoms with Crippen LogP contribution in [-0.4, -0.2) is 24.5 Å². The number of hydrogen-bond donors (Lipinski definition) is 0. The fourth-order valence-electron chi connectivity index (χ4n) is 9.47. The van der Waals surface area contributed by atoms with Gasteiger partial charge in [0.1, 0.15) is 0 Å². The zero-order chi connectivity index (χ0) is 46.3. The van der Waals surface area contributed by atoms with Crippen molar-refractivity contribution in [1.82, 2.24) is 24.5 Å². The average Bonchev–Trinajstić information content (AvgIpc) is 3.97. The lowest BCUT2D eigenvalue weighted by Crippen LogP contribution is -2.02. The number of para-hydroxylation sites is 2. The van der Waals surface area contributed by atoms with Gasteiger partial charge in [0.2, 0.25) is 0 Å². The Kier molecular flexibility index (Phi) is 10.7. The minimum absolute atomic E-state index is 0.540. The second kappa shape index (κ2) is 17.8. The summed E-state index contributed by atoms with van der Waals surface area (Å²) in [4.78, 5) is 21.1. The lowest BCUT2D eigenvalue weighted by atomic mass is 9.93. The maximum absolute atomic E-state index is 5.42. The molecule has 0 atom stereocenters. The molecule has 0 radical (unpaired) electrons. The summed E-state index contributed by atoms with van der Waals surface area (Å²) in [5.41, 5.74) is 14.0. The number of pyridine rings is 1. The van der Waals surface area contributed by atoms with Crippen LogP contribution < -0.4 is 0 Å². The summed E-state index contributed by atoms with van der Waals surface area (Å²) < 4.78 is 4.84. The third-order valence-corrected chi connectivity index (χ3v) is 14.0. The maximum Gasteiger partial charge on any atom is 0.166 e. The molecule has 8 aromatic carbocycles. The number of fused-ring (bicyclic) bond motifs is 7. The molecule has 4 aromatic heterocycles. The molecule has 4 heterocycles. The SMILES string of the molecule is C=C(/C=C\C(=C(/C)c1cnc(-c2ccc3sc4ccc5c(c6ccccc6n5-c5ccccc5)c4c3c2)c(-c2nc(-c3ccccc3)nc(-c3ccccc3)n2)c1)c1ccccc1)c1ccccc1. The lowest BCUT2D eigenvalue weighted by Gasteiger charge is -2.15. The summed E-state index contributed by atoms with van der Waals surface area (Å²) in [5.74, 6) is 1.72. The molecule has 0 saturated carbocycles. The van der Waals surface area contributed by atoms with Crippen molar-refractivity contribution in [3.8, 4) is 51.1 Å². The third-order valence-electron chi connectivity index (χ3n) is 12.9. The number of thiophene rings is 1. The monoisotopic (exact) mass is 901 g/mol. The molecule has 0 aliphatic carbocycles. The van der Waals surface area contributed by atoms with Crippen LogP contribution in [0.3, 0.4) is 0 Å². The molecule has 6 heteroatoms.